The Morgan fingerprint density at radius 2 is 2.30 bits per heavy atom. The van der Waals surface area contributed by atoms with Gasteiger partial charge in [-0.25, -0.2) is 4.98 Å². The van der Waals surface area contributed by atoms with Gasteiger partial charge in [-0.2, -0.15) is 5.10 Å². The van der Waals surface area contributed by atoms with E-state index in [1.165, 1.54) is 6.33 Å². The minimum Gasteiger partial charge on any atom is -0.350 e. The van der Waals surface area contributed by atoms with E-state index in [4.69, 9.17) is 0 Å². The number of carbonyl (C=O) groups excluding carboxylic acids is 1. The number of amides is 1. The van der Waals surface area contributed by atoms with Gasteiger partial charge in [-0.3, -0.25) is 9.48 Å². The Bertz CT molecular complexity index is 771. The lowest BCUT2D eigenvalue weighted by Gasteiger charge is -2.02. The predicted octanol–water partition coefficient (Wildman–Crippen LogP) is 1.53. The van der Waals surface area contributed by atoms with E-state index in [2.05, 4.69) is 20.4 Å². The third-order valence-corrected chi connectivity index (χ3v) is 3.32. The van der Waals surface area contributed by atoms with Gasteiger partial charge in [0.25, 0.3) is 5.91 Å². The maximum Gasteiger partial charge on any atom is 0.268 e. The first kappa shape index (κ1) is 12.4. The van der Waals surface area contributed by atoms with Gasteiger partial charge >= 0.3 is 0 Å². The molecule has 1 aromatic carbocycles. The van der Waals surface area contributed by atoms with E-state index in [9.17, 15) is 4.79 Å². The van der Waals surface area contributed by atoms with Gasteiger partial charge in [-0.1, -0.05) is 18.2 Å². The molecule has 0 bridgehead atoms. The third kappa shape index (κ3) is 2.16. The van der Waals surface area contributed by atoms with Gasteiger partial charge in [0.1, 0.15) is 17.8 Å². The molecule has 0 aliphatic rings. The van der Waals surface area contributed by atoms with Crippen molar-refractivity contribution in [2.75, 3.05) is 0 Å². The summed E-state index contributed by atoms with van der Waals surface area (Å²) >= 11 is 0. The monoisotopic (exact) mass is 269 g/mol. The highest BCUT2D eigenvalue weighted by Gasteiger charge is 2.11. The van der Waals surface area contributed by atoms with Crippen molar-refractivity contribution in [3.63, 3.8) is 0 Å². The molecule has 0 saturated carbocycles. The summed E-state index contributed by atoms with van der Waals surface area (Å²) in [6, 6.07) is 7.83. The molecule has 6 nitrogen and oxygen atoms in total. The average Bonchev–Trinajstić information content (AvgIpc) is 3.03. The molecule has 0 aliphatic heterocycles. The van der Waals surface area contributed by atoms with Crippen LogP contribution >= 0.6 is 0 Å². The van der Waals surface area contributed by atoms with Crippen molar-refractivity contribution >= 4 is 16.8 Å². The fraction of sp³-hybridized carbons (Fsp3) is 0.214. The molecule has 2 heterocycles. The van der Waals surface area contributed by atoms with E-state index in [0.717, 1.165) is 16.5 Å². The van der Waals surface area contributed by atoms with Gasteiger partial charge in [0.15, 0.2) is 0 Å². The summed E-state index contributed by atoms with van der Waals surface area (Å²) in [4.78, 5) is 19.4. The molecule has 0 fully saturated rings. The maximum absolute atomic E-state index is 12.1. The summed E-state index contributed by atoms with van der Waals surface area (Å²) < 4.78 is 1.63. The summed E-state index contributed by atoms with van der Waals surface area (Å²) in [6.45, 7) is 2.36. The molecule has 0 unspecified atom stereocenters. The normalized spacial score (nSPS) is 10.9. The second-order valence-electron chi connectivity index (χ2n) is 4.70. The van der Waals surface area contributed by atoms with E-state index in [1.54, 1.807) is 11.7 Å². The molecule has 0 saturated heterocycles. The maximum atomic E-state index is 12.1. The molecule has 0 radical (unpaired) electrons. The van der Waals surface area contributed by atoms with Crippen LogP contribution in [0.5, 0.6) is 0 Å². The second kappa shape index (κ2) is 4.80. The number of aromatic nitrogens is 4. The number of benzene rings is 1. The highest BCUT2D eigenvalue weighted by atomic mass is 16.1. The van der Waals surface area contributed by atoms with Crippen LogP contribution in [0.25, 0.3) is 10.9 Å². The molecular formula is C14H15N5O. The van der Waals surface area contributed by atoms with Gasteiger partial charge < -0.3 is 10.3 Å². The Morgan fingerprint density at radius 3 is 3.00 bits per heavy atom. The van der Waals surface area contributed by atoms with Crippen LogP contribution in [-0.2, 0) is 13.6 Å². The quantitative estimate of drug-likeness (QED) is 0.757. The molecule has 20 heavy (non-hydrogen) atoms. The smallest absolute Gasteiger partial charge is 0.268 e. The number of hydrogen-bond donors (Lipinski definition) is 2. The van der Waals surface area contributed by atoms with Crippen LogP contribution in [0.15, 0.2) is 30.6 Å². The Balaban J connectivity index is 1.79. The fourth-order valence-corrected chi connectivity index (χ4v) is 2.16. The minimum atomic E-state index is -0.149. The summed E-state index contributed by atoms with van der Waals surface area (Å²) in [7, 11) is 1.79. The lowest BCUT2D eigenvalue weighted by molar-refractivity contribution is 0.0945. The Labute approximate surface area is 115 Å². The fourth-order valence-electron chi connectivity index (χ4n) is 2.16. The number of aryl methyl sites for hydroxylation is 2. The SMILES string of the molecule is Cc1cccc2cc(C(=O)NCc3ncnn3C)[nH]c12. The highest BCUT2D eigenvalue weighted by Crippen LogP contribution is 2.18. The summed E-state index contributed by atoms with van der Waals surface area (Å²) in [5, 5.41) is 7.83. The number of nitrogens with zero attached hydrogens (tertiary/aromatic N) is 3. The van der Waals surface area contributed by atoms with Crippen molar-refractivity contribution < 1.29 is 4.79 Å². The van der Waals surface area contributed by atoms with Crippen LogP contribution in [0.1, 0.15) is 21.9 Å². The lowest BCUT2D eigenvalue weighted by Crippen LogP contribution is -2.24. The van der Waals surface area contributed by atoms with Gasteiger partial charge in [0.2, 0.25) is 0 Å². The number of H-pyrrole nitrogens is 1. The molecule has 3 rings (SSSR count). The van der Waals surface area contributed by atoms with Crippen LogP contribution < -0.4 is 5.32 Å². The standard InChI is InChI=1S/C14H15N5O/c1-9-4-3-5-10-6-11(18-13(9)10)14(20)15-7-12-16-8-17-19(12)2/h3-6,8,18H,7H2,1-2H3,(H,15,20). The van der Waals surface area contributed by atoms with Gasteiger partial charge in [-0.15, -0.1) is 0 Å². The number of fused-ring (bicyclic) bond motifs is 1. The zero-order valence-corrected chi connectivity index (χ0v) is 11.3. The first-order chi connectivity index (χ1) is 9.65. The molecule has 1 amide bonds. The number of rotatable bonds is 3. The van der Waals surface area contributed by atoms with E-state index in [-0.39, 0.29) is 5.91 Å². The third-order valence-electron chi connectivity index (χ3n) is 3.32. The predicted molar refractivity (Wildman–Crippen MR) is 75.2 cm³/mol. The van der Waals surface area contributed by atoms with Crippen molar-refractivity contribution in [2.45, 2.75) is 13.5 Å². The molecule has 0 spiro atoms. The number of nitrogens with one attached hydrogen (secondary N) is 2. The van der Waals surface area contributed by atoms with Crippen LogP contribution in [0.4, 0.5) is 0 Å². The molecular weight excluding hydrogens is 254 g/mol. The van der Waals surface area contributed by atoms with Crippen molar-refractivity contribution in [2.24, 2.45) is 7.05 Å². The van der Waals surface area contributed by atoms with Crippen molar-refractivity contribution in [1.29, 1.82) is 0 Å². The molecule has 6 heteroatoms. The Hall–Kier alpha value is -2.63. The van der Waals surface area contributed by atoms with E-state index in [0.29, 0.717) is 18.1 Å². The van der Waals surface area contributed by atoms with E-state index >= 15 is 0 Å². The summed E-state index contributed by atoms with van der Waals surface area (Å²) in [6.07, 6.45) is 1.47. The summed E-state index contributed by atoms with van der Waals surface area (Å²) in [5.41, 5.74) is 2.67. The number of hydrogen-bond acceptors (Lipinski definition) is 3. The molecule has 102 valence electrons. The zero-order chi connectivity index (χ0) is 14.1. The average molecular weight is 269 g/mol. The van der Waals surface area contributed by atoms with E-state index < -0.39 is 0 Å². The number of aromatic amines is 1. The lowest BCUT2D eigenvalue weighted by atomic mass is 10.2. The summed E-state index contributed by atoms with van der Waals surface area (Å²) in [5.74, 6) is 0.564. The first-order valence-corrected chi connectivity index (χ1v) is 6.34. The zero-order valence-electron chi connectivity index (χ0n) is 11.3. The topological polar surface area (TPSA) is 75.6 Å². The van der Waals surface area contributed by atoms with Gasteiger partial charge in [0, 0.05) is 18.0 Å². The number of carbonyl (C=O) groups is 1. The van der Waals surface area contributed by atoms with Crippen molar-refractivity contribution in [3.8, 4) is 0 Å². The molecule has 0 aliphatic carbocycles. The van der Waals surface area contributed by atoms with Crippen LogP contribution in [-0.4, -0.2) is 25.7 Å². The molecule has 2 N–H and O–H groups in total. The molecule has 3 aromatic rings. The minimum absolute atomic E-state index is 0.149. The second-order valence-corrected chi connectivity index (χ2v) is 4.70. The number of para-hydroxylation sites is 1. The van der Waals surface area contributed by atoms with Crippen LogP contribution in [0, 0.1) is 6.92 Å². The molecule has 2 aromatic heterocycles. The van der Waals surface area contributed by atoms with Crippen LogP contribution in [0.3, 0.4) is 0 Å². The largest absolute Gasteiger partial charge is 0.350 e. The molecule has 0 atom stereocenters. The van der Waals surface area contributed by atoms with Crippen molar-refractivity contribution in [1.82, 2.24) is 25.1 Å². The Morgan fingerprint density at radius 1 is 1.45 bits per heavy atom. The van der Waals surface area contributed by atoms with Gasteiger partial charge in [-0.05, 0) is 18.6 Å². The van der Waals surface area contributed by atoms with Gasteiger partial charge in [0.05, 0.1) is 6.54 Å². The highest BCUT2D eigenvalue weighted by molar-refractivity contribution is 5.98. The van der Waals surface area contributed by atoms with E-state index in [1.807, 2.05) is 31.2 Å². The first-order valence-electron chi connectivity index (χ1n) is 6.34. The van der Waals surface area contributed by atoms with Crippen LogP contribution in [0.2, 0.25) is 0 Å². The Kier molecular flexibility index (Phi) is 2.98. The van der Waals surface area contributed by atoms with Crippen molar-refractivity contribution in [3.05, 3.63) is 47.7 Å².